The van der Waals surface area contributed by atoms with Gasteiger partial charge in [-0.25, -0.2) is 4.79 Å². The molecule has 224 valence electrons. The van der Waals surface area contributed by atoms with E-state index in [0.29, 0.717) is 39.4 Å². The zero-order valence-electron chi connectivity index (χ0n) is 23.2. The summed E-state index contributed by atoms with van der Waals surface area (Å²) in [6.45, 7) is 0. The first-order valence-corrected chi connectivity index (χ1v) is 13.5. The van der Waals surface area contributed by atoms with Gasteiger partial charge < -0.3 is 45.5 Å². The first-order chi connectivity index (χ1) is 21.1. The van der Waals surface area contributed by atoms with Crippen molar-refractivity contribution in [2.45, 2.75) is 18.9 Å². The van der Waals surface area contributed by atoms with E-state index in [4.69, 9.17) is 0 Å². The largest absolute Gasteiger partial charge is 0.478 e. The summed E-state index contributed by atoms with van der Waals surface area (Å²) in [6, 6.07) is 33.9. The van der Waals surface area contributed by atoms with E-state index in [0.717, 1.165) is 11.4 Å². The number of benzene rings is 5. The summed E-state index contributed by atoms with van der Waals surface area (Å²) < 4.78 is 0. The van der Waals surface area contributed by atoms with Crippen LogP contribution in [0.25, 0.3) is 0 Å². The number of carbonyl (C=O) groups is 1. The number of hydrogen-bond donors (Lipinski definition) is 7. The maximum atomic E-state index is 11.4. The molecule has 0 radical (unpaired) electrons. The summed E-state index contributed by atoms with van der Waals surface area (Å²) in [5.74, 6) is -1.04. The average Bonchev–Trinajstić information content (AvgIpc) is 3.03. The molecule has 7 N–H and O–H groups in total. The Balaban J connectivity index is 1.57. The van der Waals surface area contributed by atoms with Gasteiger partial charge in [-0.1, -0.05) is 36.4 Å². The Morgan fingerprint density at radius 3 is 0.795 bits per heavy atom. The van der Waals surface area contributed by atoms with Crippen LogP contribution in [-0.2, 0) is 0 Å². The minimum Gasteiger partial charge on any atom is -0.478 e. The molecule has 5 aromatic carbocycles. The fourth-order valence-electron chi connectivity index (χ4n) is 4.78. The van der Waals surface area contributed by atoms with Crippen LogP contribution in [0.4, 0.5) is 34.1 Å². The molecule has 5 aromatic rings. The number of aliphatic hydroxyl groups excluding tert-OH is 3. The maximum absolute atomic E-state index is 11.4. The van der Waals surface area contributed by atoms with Crippen LogP contribution in [0.5, 0.6) is 0 Å². The summed E-state index contributed by atoms with van der Waals surface area (Å²) in [7, 11) is 0. The molecule has 0 amide bonds. The molecule has 44 heavy (non-hydrogen) atoms. The number of rotatable bonds is 10. The first kappa shape index (κ1) is 30.4. The number of carboxylic acid groups (broad SMARTS) is 1. The molecule has 0 heterocycles. The number of aromatic carboxylic acids is 1. The standard InChI is InChI=1S/C34H30N2O8/c37-31(38)21-1-9-25(10-2-21)35(26-11-3-22(4-12-26)32(39)40)29-17-19-30(20-18-29)36(27-13-5-23(6-14-27)33(41)42)28-15-7-24(8-16-28)34(43)44/h1-20,31-33,37-42H,(H,43,44). The molecule has 0 saturated heterocycles. The second-order valence-corrected chi connectivity index (χ2v) is 9.93. The third-order valence-corrected chi connectivity index (χ3v) is 7.09. The zero-order chi connectivity index (χ0) is 31.4. The highest BCUT2D eigenvalue weighted by atomic mass is 16.5. The topological polar surface area (TPSA) is 165 Å². The van der Waals surface area contributed by atoms with Crippen molar-refractivity contribution >= 4 is 40.1 Å². The van der Waals surface area contributed by atoms with E-state index >= 15 is 0 Å². The molecule has 0 aliphatic heterocycles. The third kappa shape index (κ3) is 6.61. The average molecular weight is 595 g/mol. The first-order valence-electron chi connectivity index (χ1n) is 13.5. The van der Waals surface area contributed by atoms with E-state index in [1.165, 1.54) is 12.1 Å². The second-order valence-electron chi connectivity index (χ2n) is 9.93. The maximum Gasteiger partial charge on any atom is 0.335 e. The van der Waals surface area contributed by atoms with Crippen LogP contribution >= 0.6 is 0 Å². The Labute approximate surface area is 252 Å². The van der Waals surface area contributed by atoms with Gasteiger partial charge in [0.15, 0.2) is 18.9 Å². The van der Waals surface area contributed by atoms with Crippen LogP contribution in [0.3, 0.4) is 0 Å². The zero-order valence-corrected chi connectivity index (χ0v) is 23.2. The Kier molecular flexibility index (Phi) is 9.02. The lowest BCUT2D eigenvalue weighted by molar-refractivity contribution is -0.0430. The lowest BCUT2D eigenvalue weighted by atomic mass is 10.1. The van der Waals surface area contributed by atoms with Crippen molar-refractivity contribution in [2.24, 2.45) is 0 Å². The summed E-state index contributed by atoms with van der Waals surface area (Å²) in [5, 5.41) is 66.7. The van der Waals surface area contributed by atoms with Gasteiger partial charge in [0, 0.05) is 50.8 Å². The summed E-state index contributed by atoms with van der Waals surface area (Å²) in [4.78, 5) is 15.2. The molecule has 0 aromatic heterocycles. The summed E-state index contributed by atoms with van der Waals surface area (Å²) in [6.07, 6.45) is -4.86. The Hall–Kier alpha value is -5.07. The Morgan fingerprint density at radius 1 is 0.386 bits per heavy atom. The predicted molar refractivity (Wildman–Crippen MR) is 164 cm³/mol. The molecule has 5 rings (SSSR count). The highest BCUT2D eigenvalue weighted by molar-refractivity contribution is 5.89. The summed E-state index contributed by atoms with van der Waals surface area (Å²) >= 11 is 0. The third-order valence-electron chi connectivity index (χ3n) is 7.09. The number of carboxylic acids is 1. The predicted octanol–water partition coefficient (Wildman–Crippen LogP) is 5.27. The van der Waals surface area contributed by atoms with Crippen molar-refractivity contribution in [2.75, 3.05) is 9.80 Å². The van der Waals surface area contributed by atoms with Gasteiger partial charge in [-0.05, 0) is 84.9 Å². The van der Waals surface area contributed by atoms with Crippen molar-refractivity contribution in [1.29, 1.82) is 0 Å². The van der Waals surface area contributed by atoms with Crippen molar-refractivity contribution in [3.63, 3.8) is 0 Å². The van der Waals surface area contributed by atoms with Gasteiger partial charge in [0.25, 0.3) is 0 Å². The van der Waals surface area contributed by atoms with Gasteiger partial charge in [0.1, 0.15) is 0 Å². The van der Waals surface area contributed by atoms with Crippen molar-refractivity contribution in [1.82, 2.24) is 0 Å². The van der Waals surface area contributed by atoms with Crippen LogP contribution in [0.15, 0.2) is 121 Å². The van der Waals surface area contributed by atoms with Gasteiger partial charge in [-0.3, -0.25) is 0 Å². The lowest BCUT2D eigenvalue weighted by Gasteiger charge is -2.29. The molecular formula is C34H30N2O8. The molecule has 0 unspecified atom stereocenters. The number of anilines is 6. The van der Waals surface area contributed by atoms with Gasteiger partial charge in [0.2, 0.25) is 0 Å². The van der Waals surface area contributed by atoms with Gasteiger partial charge in [-0.15, -0.1) is 0 Å². The molecule has 0 atom stereocenters. The molecule has 10 nitrogen and oxygen atoms in total. The van der Waals surface area contributed by atoms with Crippen LogP contribution in [0.1, 0.15) is 45.9 Å². The van der Waals surface area contributed by atoms with Crippen LogP contribution < -0.4 is 9.80 Å². The van der Waals surface area contributed by atoms with E-state index in [2.05, 4.69) is 0 Å². The molecule has 0 bridgehead atoms. The minimum absolute atomic E-state index is 0.137. The number of nitrogens with zero attached hydrogens (tertiary/aromatic N) is 2. The lowest BCUT2D eigenvalue weighted by Crippen LogP contribution is -2.13. The smallest absolute Gasteiger partial charge is 0.335 e. The van der Waals surface area contributed by atoms with E-state index in [-0.39, 0.29) is 5.56 Å². The monoisotopic (exact) mass is 594 g/mol. The highest BCUT2D eigenvalue weighted by Gasteiger charge is 2.18. The Bertz CT molecular complexity index is 1630. The van der Waals surface area contributed by atoms with Crippen LogP contribution in [0, 0.1) is 0 Å². The van der Waals surface area contributed by atoms with E-state index in [9.17, 15) is 40.5 Å². The van der Waals surface area contributed by atoms with Crippen LogP contribution in [-0.4, -0.2) is 41.7 Å². The van der Waals surface area contributed by atoms with Crippen molar-refractivity contribution < 1.29 is 40.5 Å². The van der Waals surface area contributed by atoms with Crippen molar-refractivity contribution in [3.8, 4) is 0 Å². The molecule has 10 heteroatoms. The molecule has 0 aliphatic rings. The van der Waals surface area contributed by atoms with Crippen LogP contribution in [0.2, 0.25) is 0 Å². The number of hydrogen-bond acceptors (Lipinski definition) is 9. The summed E-state index contributed by atoms with van der Waals surface area (Å²) in [5.41, 5.74) is 5.36. The molecule has 0 spiro atoms. The van der Waals surface area contributed by atoms with Crippen molar-refractivity contribution in [3.05, 3.63) is 144 Å². The highest BCUT2D eigenvalue weighted by Crippen LogP contribution is 2.39. The molecular weight excluding hydrogens is 564 g/mol. The normalized spacial score (nSPS) is 11.3. The fourth-order valence-corrected chi connectivity index (χ4v) is 4.78. The SMILES string of the molecule is O=C(O)c1ccc(N(c2ccc(C(O)O)cc2)c2ccc(N(c3ccc(C(O)O)cc3)c3ccc(C(O)O)cc3)cc2)cc1. The number of aliphatic hydroxyl groups is 6. The fraction of sp³-hybridized carbons (Fsp3) is 0.0882. The quantitative estimate of drug-likeness (QED) is 0.106. The molecule has 0 saturated carbocycles. The minimum atomic E-state index is -1.62. The second kappa shape index (κ2) is 13.1. The van der Waals surface area contributed by atoms with E-state index < -0.39 is 24.8 Å². The van der Waals surface area contributed by atoms with Gasteiger partial charge in [-0.2, -0.15) is 0 Å². The van der Waals surface area contributed by atoms with Gasteiger partial charge in [0.05, 0.1) is 5.56 Å². The Morgan fingerprint density at radius 2 is 0.591 bits per heavy atom. The molecule has 0 aliphatic carbocycles. The van der Waals surface area contributed by atoms with Gasteiger partial charge >= 0.3 is 5.97 Å². The molecule has 0 fully saturated rings. The van der Waals surface area contributed by atoms with E-state index in [1.54, 1.807) is 84.9 Å². The van der Waals surface area contributed by atoms with E-state index in [1.807, 2.05) is 34.1 Å².